The van der Waals surface area contributed by atoms with Crippen LogP contribution in [0, 0.1) is 0 Å². The molecule has 4 aromatic rings. The molecule has 2 aromatic heterocycles. The van der Waals surface area contributed by atoms with E-state index in [9.17, 15) is 4.79 Å². The zero-order valence-electron chi connectivity index (χ0n) is 16.0. The summed E-state index contributed by atoms with van der Waals surface area (Å²) < 4.78 is 2.22. The van der Waals surface area contributed by atoms with E-state index in [1.807, 2.05) is 36.4 Å². The van der Waals surface area contributed by atoms with Crippen molar-refractivity contribution < 1.29 is 4.79 Å². The molecule has 0 aliphatic carbocycles. The molecule has 0 saturated carbocycles. The molecular weight excluding hydrogens is 364 g/mol. The Morgan fingerprint density at radius 3 is 2.90 bits per heavy atom. The van der Waals surface area contributed by atoms with Gasteiger partial charge in [-0.05, 0) is 30.5 Å². The fourth-order valence-electron chi connectivity index (χ4n) is 4.01. The summed E-state index contributed by atoms with van der Waals surface area (Å²) in [6.07, 6.45) is 4.90. The predicted molar refractivity (Wildman–Crippen MR) is 110 cm³/mol. The normalized spacial score (nSPS) is 16.3. The molecule has 2 N–H and O–H groups in total. The van der Waals surface area contributed by atoms with E-state index in [0.717, 1.165) is 49.4 Å². The van der Waals surface area contributed by atoms with Crippen LogP contribution in [0.15, 0.2) is 54.9 Å². The average Bonchev–Trinajstić information content (AvgIpc) is 3.32. The fraction of sp³-hybridized carbons (Fsp3) is 0.273. The van der Waals surface area contributed by atoms with Crippen molar-refractivity contribution in [2.45, 2.75) is 38.3 Å². The second-order valence-corrected chi connectivity index (χ2v) is 7.45. The molecule has 0 spiro atoms. The Labute approximate surface area is 168 Å². The minimum atomic E-state index is -0.0742. The highest BCUT2D eigenvalue weighted by Gasteiger charge is 2.22. The van der Waals surface area contributed by atoms with Crippen LogP contribution in [0.1, 0.15) is 40.4 Å². The number of hydrogen-bond acceptors (Lipinski definition) is 4. The highest BCUT2D eigenvalue weighted by atomic mass is 16.1. The number of amides is 1. The maximum atomic E-state index is 12.9. The van der Waals surface area contributed by atoms with Crippen LogP contribution < -0.4 is 5.32 Å². The van der Waals surface area contributed by atoms with Crippen molar-refractivity contribution in [1.82, 2.24) is 30.0 Å². The van der Waals surface area contributed by atoms with Gasteiger partial charge in [-0.25, -0.2) is 4.98 Å². The van der Waals surface area contributed by atoms with Crippen LogP contribution in [0.2, 0.25) is 0 Å². The SMILES string of the molecule is O=C(NC1CCc2nnc(Cc3ccccc3)n2CC1)c1cccc2[nH]cnc12. The quantitative estimate of drug-likeness (QED) is 0.564. The van der Waals surface area contributed by atoms with E-state index >= 15 is 0 Å². The van der Waals surface area contributed by atoms with Crippen LogP contribution in [0.5, 0.6) is 0 Å². The highest BCUT2D eigenvalue weighted by molar-refractivity contribution is 6.04. The van der Waals surface area contributed by atoms with Gasteiger partial charge in [0, 0.05) is 25.4 Å². The largest absolute Gasteiger partial charge is 0.349 e. The van der Waals surface area contributed by atoms with Gasteiger partial charge < -0.3 is 14.9 Å². The Balaban J connectivity index is 1.29. The van der Waals surface area contributed by atoms with Gasteiger partial charge in [0.2, 0.25) is 0 Å². The number of aromatic nitrogens is 5. The Morgan fingerprint density at radius 2 is 2.00 bits per heavy atom. The number of para-hydroxylation sites is 1. The number of hydrogen-bond donors (Lipinski definition) is 2. The molecular formula is C22H22N6O. The Kier molecular flexibility index (Phi) is 4.56. The number of fused-ring (bicyclic) bond motifs is 2. The zero-order valence-corrected chi connectivity index (χ0v) is 16.0. The first kappa shape index (κ1) is 17.6. The summed E-state index contributed by atoms with van der Waals surface area (Å²) in [4.78, 5) is 20.2. The summed E-state index contributed by atoms with van der Waals surface area (Å²) >= 11 is 0. The van der Waals surface area contributed by atoms with Crippen LogP contribution in [-0.2, 0) is 19.4 Å². The number of rotatable bonds is 4. The zero-order chi connectivity index (χ0) is 19.6. The first-order chi connectivity index (χ1) is 14.3. The van der Waals surface area contributed by atoms with Gasteiger partial charge in [0.05, 0.1) is 17.4 Å². The number of nitrogens with one attached hydrogen (secondary N) is 2. The number of benzene rings is 2. The van der Waals surface area contributed by atoms with Crippen molar-refractivity contribution in [3.8, 4) is 0 Å². The summed E-state index contributed by atoms with van der Waals surface area (Å²) in [7, 11) is 0. The van der Waals surface area contributed by atoms with Gasteiger partial charge in [-0.3, -0.25) is 4.79 Å². The first-order valence-electron chi connectivity index (χ1n) is 9.96. The molecule has 3 heterocycles. The third kappa shape index (κ3) is 3.51. The lowest BCUT2D eigenvalue weighted by atomic mass is 10.1. The summed E-state index contributed by atoms with van der Waals surface area (Å²) in [5.74, 6) is 1.91. The minimum Gasteiger partial charge on any atom is -0.349 e. The highest BCUT2D eigenvalue weighted by Crippen LogP contribution is 2.19. The van der Waals surface area contributed by atoms with Crippen molar-refractivity contribution in [1.29, 1.82) is 0 Å². The molecule has 0 radical (unpaired) electrons. The number of aryl methyl sites for hydroxylation is 1. The summed E-state index contributed by atoms with van der Waals surface area (Å²) in [5, 5.41) is 12.0. The maximum Gasteiger partial charge on any atom is 0.253 e. The predicted octanol–water partition coefficient (Wildman–Crippen LogP) is 2.88. The number of carbonyl (C=O) groups is 1. The van der Waals surface area contributed by atoms with Gasteiger partial charge in [-0.15, -0.1) is 10.2 Å². The van der Waals surface area contributed by atoms with Gasteiger partial charge in [0.25, 0.3) is 5.91 Å². The molecule has 29 heavy (non-hydrogen) atoms. The lowest BCUT2D eigenvalue weighted by Gasteiger charge is -2.16. The smallest absolute Gasteiger partial charge is 0.253 e. The van der Waals surface area contributed by atoms with Crippen LogP contribution in [0.3, 0.4) is 0 Å². The third-order valence-corrected chi connectivity index (χ3v) is 5.56. The third-order valence-electron chi connectivity index (χ3n) is 5.56. The molecule has 5 rings (SSSR count). The summed E-state index contributed by atoms with van der Waals surface area (Å²) in [5.41, 5.74) is 3.41. The Hall–Kier alpha value is -3.48. The molecule has 0 saturated heterocycles. The van der Waals surface area contributed by atoms with Crippen molar-refractivity contribution in [3.63, 3.8) is 0 Å². The first-order valence-corrected chi connectivity index (χ1v) is 9.96. The molecule has 1 aliphatic heterocycles. The van der Waals surface area contributed by atoms with Crippen LogP contribution in [0.4, 0.5) is 0 Å². The number of carbonyl (C=O) groups excluding carboxylic acids is 1. The molecule has 0 fully saturated rings. The van der Waals surface area contributed by atoms with E-state index in [0.29, 0.717) is 11.1 Å². The number of nitrogens with zero attached hydrogens (tertiary/aromatic N) is 4. The number of imidazole rings is 1. The van der Waals surface area contributed by atoms with E-state index in [2.05, 4.69) is 42.2 Å². The van der Waals surface area contributed by atoms with Gasteiger partial charge in [0.15, 0.2) is 0 Å². The van der Waals surface area contributed by atoms with E-state index in [1.54, 1.807) is 6.33 Å². The molecule has 7 heteroatoms. The Bertz CT molecular complexity index is 1150. The lowest BCUT2D eigenvalue weighted by molar-refractivity contribution is 0.0934. The van der Waals surface area contributed by atoms with Crippen LogP contribution >= 0.6 is 0 Å². The summed E-state index contributed by atoms with van der Waals surface area (Å²) in [6, 6.07) is 16.0. The van der Waals surface area contributed by atoms with Crippen molar-refractivity contribution in [3.05, 3.63) is 77.6 Å². The van der Waals surface area contributed by atoms with E-state index in [4.69, 9.17) is 0 Å². The average molecular weight is 386 g/mol. The van der Waals surface area contributed by atoms with Crippen LogP contribution in [0.25, 0.3) is 11.0 Å². The number of H-pyrrole nitrogens is 1. The standard InChI is InChI=1S/C22H22N6O/c29-22(17-7-4-8-18-21(17)24-14-23-18)25-16-9-10-19-26-27-20(28(19)12-11-16)13-15-5-2-1-3-6-15/h1-8,14,16H,9-13H2,(H,23,24)(H,25,29). The maximum absolute atomic E-state index is 12.9. The fourth-order valence-corrected chi connectivity index (χ4v) is 4.01. The van der Waals surface area contributed by atoms with Gasteiger partial charge in [-0.1, -0.05) is 36.4 Å². The van der Waals surface area contributed by atoms with Gasteiger partial charge in [-0.2, -0.15) is 0 Å². The van der Waals surface area contributed by atoms with E-state index < -0.39 is 0 Å². The lowest BCUT2D eigenvalue weighted by Crippen LogP contribution is -2.35. The molecule has 146 valence electrons. The number of aromatic amines is 1. The second-order valence-electron chi connectivity index (χ2n) is 7.45. The monoisotopic (exact) mass is 386 g/mol. The van der Waals surface area contributed by atoms with Gasteiger partial charge in [0.1, 0.15) is 17.2 Å². The minimum absolute atomic E-state index is 0.0742. The van der Waals surface area contributed by atoms with Gasteiger partial charge >= 0.3 is 0 Å². The van der Waals surface area contributed by atoms with E-state index in [-0.39, 0.29) is 11.9 Å². The molecule has 1 atom stereocenters. The topological polar surface area (TPSA) is 88.5 Å². The molecule has 7 nitrogen and oxygen atoms in total. The second kappa shape index (κ2) is 7.50. The summed E-state index contributed by atoms with van der Waals surface area (Å²) in [6.45, 7) is 0.808. The molecule has 2 aromatic carbocycles. The molecule has 1 amide bonds. The molecule has 1 aliphatic rings. The van der Waals surface area contributed by atoms with Crippen molar-refractivity contribution in [2.24, 2.45) is 0 Å². The van der Waals surface area contributed by atoms with Crippen molar-refractivity contribution >= 4 is 16.9 Å². The van der Waals surface area contributed by atoms with E-state index in [1.165, 1.54) is 5.56 Å². The Morgan fingerprint density at radius 1 is 1.10 bits per heavy atom. The molecule has 1 unspecified atom stereocenters. The molecule has 0 bridgehead atoms. The van der Waals surface area contributed by atoms with Crippen molar-refractivity contribution in [2.75, 3.05) is 0 Å². The van der Waals surface area contributed by atoms with Crippen LogP contribution in [-0.4, -0.2) is 36.7 Å².